The molecular weight excluding hydrogens is 308 g/mol. The molecule has 0 fully saturated rings. The van der Waals surface area contributed by atoms with Gasteiger partial charge in [0.05, 0.1) is 11.8 Å². The first-order valence-electron chi connectivity index (χ1n) is 6.25. The molecule has 0 aromatic carbocycles. The van der Waals surface area contributed by atoms with Gasteiger partial charge in [-0.3, -0.25) is 4.28 Å². The Morgan fingerprint density at radius 2 is 2.10 bits per heavy atom. The molecule has 0 saturated heterocycles. The van der Waals surface area contributed by atoms with E-state index in [9.17, 15) is 13.7 Å². The zero-order valence-electron chi connectivity index (χ0n) is 11.7. The summed E-state index contributed by atoms with van der Waals surface area (Å²) in [6.45, 7) is 1.98. The van der Waals surface area contributed by atoms with E-state index in [4.69, 9.17) is 0 Å². The second-order valence-corrected chi connectivity index (χ2v) is 7.20. The monoisotopic (exact) mass is 322 g/mol. The quantitative estimate of drug-likeness (QED) is 0.589. The Bertz CT molecular complexity index is 748. The highest BCUT2D eigenvalue weighted by molar-refractivity contribution is 8.18. The van der Waals surface area contributed by atoms with Crippen LogP contribution in [-0.4, -0.2) is 19.7 Å². The summed E-state index contributed by atoms with van der Waals surface area (Å²) in [4.78, 5) is 0.745. The maximum atomic E-state index is 10.9. The summed E-state index contributed by atoms with van der Waals surface area (Å²) in [6, 6.07) is 2.22. The van der Waals surface area contributed by atoms with Crippen LogP contribution in [0.15, 0.2) is 51.1 Å². The van der Waals surface area contributed by atoms with Crippen LogP contribution in [0.2, 0.25) is 0 Å². The number of thioether (sulfide) groups is 1. The molecule has 110 valence electrons. The lowest BCUT2D eigenvalue weighted by atomic mass is 9.93. The topological polar surface area (TPSA) is 79.5 Å². The van der Waals surface area contributed by atoms with E-state index in [2.05, 4.69) is 27.7 Å². The third-order valence-electron chi connectivity index (χ3n) is 2.87. The molecule has 2 rings (SSSR count). The van der Waals surface area contributed by atoms with Gasteiger partial charge in [-0.1, -0.05) is 29.1 Å². The number of rotatable bonds is 3. The van der Waals surface area contributed by atoms with Crippen molar-refractivity contribution in [3.63, 3.8) is 0 Å². The fourth-order valence-corrected chi connectivity index (χ4v) is 3.05. The van der Waals surface area contributed by atoms with E-state index in [0.29, 0.717) is 10.6 Å². The molecule has 7 heteroatoms. The number of nitrogens with zero attached hydrogens (tertiary/aromatic N) is 2. The van der Waals surface area contributed by atoms with Crippen LogP contribution >= 0.6 is 11.8 Å². The summed E-state index contributed by atoms with van der Waals surface area (Å²) < 4.78 is 26.2. The van der Waals surface area contributed by atoms with Crippen molar-refractivity contribution in [1.82, 2.24) is 0 Å². The van der Waals surface area contributed by atoms with Gasteiger partial charge < -0.3 is 0 Å². The molecule has 2 aliphatic rings. The Labute approximate surface area is 128 Å². The molecule has 0 amide bonds. The molecule has 1 heterocycles. The van der Waals surface area contributed by atoms with Crippen molar-refractivity contribution >= 4 is 26.9 Å². The molecular formula is C14H14N2O3S2. The first kappa shape index (κ1) is 15.6. The van der Waals surface area contributed by atoms with Crippen LogP contribution in [0.25, 0.3) is 0 Å². The Balaban J connectivity index is 2.26. The van der Waals surface area contributed by atoms with Crippen LogP contribution in [0.3, 0.4) is 0 Å². The first-order chi connectivity index (χ1) is 9.90. The van der Waals surface area contributed by atoms with E-state index < -0.39 is 10.1 Å². The van der Waals surface area contributed by atoms with E-state index >= 15 is 0 Å². The van der Waals surface area contributed by atoms with Crippen LogP contribution < -0.4 is 0 Å². The predicted octanol–water partition coefficient (Wildman–Crippen LogP) is 3.02. The largest absolute Gasteiger partial charge is 0.325 e. The molecule has 0 N–H and O–H groups in total. The van der Waals surface area contributed by atoms with Crippen molar-refractivity contribution in [2.75, 3.05) is 6.26 Å². The lowest BCUT2D eigenvalue weighted by molar-refractivity contribution is 0.345. The van der Waals surface area contributed by atoms with Crippen molar-refractivity contribution in [1.29, 1.82) is 5.26 Å². The molecule has 21 heavy (non-hydrogen) atoms. The van der Waals surface area contributed by atoms with Crippen molar-refractivity contribution in [2.45, 2.75) is 19.8 Å². The number of hydrogen-bond donors (Lipinski definition) is 0. The van der Waals surface area contributed by atoms with Crippen LogP contribution in [0.5, 0.6) is 0 Å². The van der Waals surface area contributed by atoms with Gasteiger partial charge in [-0.05, 0) is 43.1 Å². The molecule has 0 aromatic rings. The normalized spacial score (nSPS) is 22.6. The Kier molecular flexibility index (Phi) is 4.70. The zero-order chi connectivity index (χ0) is 15.5. The fourth-order valence-electron chi connectivity index (χ4n) is 1.96. The third kappa shape index (κ3) is 4.09. The summed E-state index contributed by atoms with van der Waals surface area (Å²) in [5, 5.41) is 13.4. The standard InChI is InChI=1S/C14H14N2O3S2/c1-10-5-3-4-6-11(10)12(9-15)13-7-8-14(20-13)16-19-21(2,17)18/h5-8H,3-4H2,1-2H3/b13-12-,16-14?. The molecule has 0 radical (unpaired) electrons. The van der Waals surface area contributed by atoms with E-state index in [-0.39, 0.29) is 0 Å². The molecule has 5 nitrogen and oxygen atoms in total. The smallest absolute Gasteiger partial charge is 0.268 e. The van der Waals surface area contributed by atoms with Crippen LogP contribution in [-0.2, 0) is 14.4 Å². The Morgan fingerprint density at radius 1 is 1.38 bits per heavy atom. The summed E-state index contributed by atoms with van der Waals surface area (Å²) in [7, 11) is -3.62. The Morgan fingerprint density at radius 3 is 2.71 bits per heavy atom. The van der Waals surface area contributed by atoms with Crippen molar-refractivity contribution in [2.24, 2.45) is 5.16 Å². The van der Waals surface area contributed by atoms with Gasteiger partial charge in [-0.25, -0.2) is 0 Å². The van der Waals surface area contributed by atoms with E-state index in [1.807, 2.05) is 6.92 Å². The SMILES string of the molecule is CC1=CCCC=C1/C(C#N)=C1/C=CC(=NOS(C)(=O)=O)S1. The maximum absolute atomic E-state index is 10.9. The summed E-state index contributed by atoms with van der Waals surface area (Å²) >= 11 is 1.22. The number of allylic oxidation sites excluding steroid dienone is 6. The van der Waals surface area contributed by atoms with Gasteiger partial charge in [0.15, 0.2) is 0 Å². The second kappa shape index (κ2) is 6.33. The molecule has 1 aliphatic heterocycles. The summed E-state index contributed by atoms with van der Waals surface area (Å²) in [6.07, 6.45) is 10.4. The van der Waals surface area contributed by atoms with Gasteiger partial charge in [0.1, 0.15) is 11.1 Å². The number of oxime groups is 1. The zero-order valence-corrected chi connectivity index (χ0v) is 13.3. The van der Waals surface area contributed by atoms with Crippen LogP contribution in [0, 0.1) is 11.3 Å². The Hall–Kier alpha value is -1.78. The van der Waals surface area contributed by atoms with Crippen LogP contribution in [0.4, 0.5) is 0 Å². The van der Waals surface area contributed by atoms with Crippen molar-refractivity contribution in [3.8, 4) is 6.07 Å². The molecule has 0 bridgehead atoms. The van der Waals surface area contributed by atoms with Crippen molar-refractivity contribution in [3.05, 3.63) is 45.9 Å². The minimum atomic E-state index is -3.62. The maximum Gasteiger partial charge on any atom is 0.325 e. The fraction of sp³-hybridized carbons (Fsp3) is 0.286. The van der Waals surface area contributed by atoms with Gasteiger partial charge in [-0.2, -0.15) is 13.7 Å². The highest BCUT2D eigenvalue weighted by atomic mass is 32.2. The molecule has 0 spiro atoms. The van der Waals surface area contributed by atoms with Gasteiger partial charge in [0.2, 0.25) is 0 Å². The number of nitriles is 1. The highest BCUT2D eigenvalue weighted by Crippen LogP contribution is 2.35. The van der Waals surface area contributed by atoms with E-state index in [1.165, 1.54) is 11.8 Å². The van der Waals surface area contributed by atoms with E-state index in [1.54, 1.807) is 12.2 Å². The molecule has 0 aromatic heterocycles. The van der Waals surface area contributed by atoms with Gasteiger partial charge in [-0.15, -0.1) is 0 Å². The van der Waals surface area contributed by atoms with Crippen LogP contribution in [0.1, 0.15) is 19.8 Å². The molecule has 1 aliphatic carbocycles. The van der Waals surface area contributed by atoms with Gasteiger partial charge >= 0.3 is 10.1 Å². The van der Waals surface area contributed by atoms with Crippen molar-refractivity contribution < 1.29 is 12.7 Å². The summed E-state index contributed by atoms with van der Waals surface area (Å²) in [5.74, 6) is 0. The van der Waals surface area contributed by atoms with E-state index in [0.717, 1.165) is 35.1 Å². The minimum Gasteiger partial charge on any atom is -0.268 e. The summed E-state index contributed by atoms with van der Waals surface area (Å²) in [5.41, 5.74) is 2.59. The third-order valence-corrected chi connectivity index (χ3v) is 4.20. The first-order valence-corrected chi connectivity index (χ1v) is 8.88. The molecule has 0 saturated carbocycles. The lowest BCUT2D eigenvalue weighted by Gasteiger charge is -2.12. The average molecular weight is 322 g/mol. The average Bonchev–Trinajstić information content (AvgIpc) is 2.87. The number of hydrogen-bond acceptors (Lipinski definition) is 6. The highest BCUT2D eigenvalue weighted by Gasteiger charge is 2.19. The molecule has 0 atom stereocenters. The minimum absolute atomic E-state index is 0.404. The van der Waals surface area contributed by atoms with Gasteiger partial charge in [0.25, 0.3) is 0 Å². The van der Waals surface area contributed by atoms with Gasteiger partial charge in [0, 0.05) is 4.91 Å². The lowest BCUT2D eigenvalue weighted by Crippen LogP contribution is -1.99. The second-order valence-electron chi connectivity index (χ2n) is 4.58. The molecule has 0 unspecified atom stereocenters. The predicted molar refractivity (Wildman–Crippen MR) is 83.8 cm³/mol.